The summed E-state index contributed by atoms with van der Waals surface area (Å²) >= 11 is 5.12. The van der Waals surface area contributed by atoms with Crippen molar-refractivity contribution in [1.29, 1.82) is 0 Å². The highest BCUT2D eigenvalue weighted by atomic mass is 32.2. The van der Waals surface area contributed by atoms with E-state index in [9.17, 15) is 10.2 Å². The lowest BCUT2D eigenvalue weighted by atomic mass is 10.5. The maximum Gasteiger partial charge on any atom is 0.0900 e. The molecule has 4 atom stereocenters. The first-order valence-electron chi connectivity index (χ1n) is 6.56. The first kappa shape index (κ1) is 16.3. The third-order valence-corrected chi connectivity index (χ3v) is 6.35. The Hall–Kier alpha value is 0.890. The van der Waals surface area contributed by atoms with Gasteiger partial charge in [-0.1, -0.05) is 0 Å². The van der Waals surface area contributed by atoms with Crippen LogP contribution in [0, 0.1) is 0 Å². The van der Waals surface area contributed by atoms with E-state index in [-0.39, 0.29) is 12.2 Å². The molecule has 0 aliphatic carbocycles. The highest BCUT2D eigenvalue weighted by Crippen LogP contribution is 2.19. The number of hydrogen-bond acceptors (Lipinski definition) is 7. The van der Waals surface area contributed by atoms with Crippen LogP contribution in [-0.2, 0) is 9.47 Å². The van der Waals surface area contributed by atoms with Crippen LogP contribution in [0.1, 0.15) is 0 Å². The first-order chi connectivity index (χ1) is 9.24. The molecule has 0 saturated carbocycles. The fourth-order valence-corrected chi connectivity index (χ4v) is 4.61. The van der Waals surface area contributed by atoms with Crippen molar-refractivity contribution in [3.63, 3.8) is 0 Å². The van der Waals surface area contributed by atoms with E-state index < -0.39 is 0 Å². The molecule has 19 heavy (non-hydrogen) atoms. The summed E-state index contributed by atoms with van der Waals surface area (Å²) in [4.78, 5) is 0. The first-order valence-corrected chi connectivity index (χ1v) is 10.0. The van der Waals surface area contributed by atoms with Gasteiger partial charge in [0.15, 0.2) is 0 Å². The van der Waals surface area contributed by atoms with Crippen molar-refractivity contribution in [1.82, 2.24) is 0 Å². The molecule has 2 fully saturated rings. The molecule has 2 aliphatic heterocycles. The molecule has 0 aromatic rings. The van der Waals surface area contributed by atoms with Crippen molar-refractivity contribution in [3.05, 3.63) is 0 Å². The van der Waals surface area contributed by atoms with Crippen molar-refractivity contribution in [3.8, 4) is 0 Å². The van der Waals surface area contributed by atoms with Crippen LogP contribution in [0.3, 0.4) is 0 Å². The molecule has 112 valence electrons. The Morgan fingerprint density at radius 1 is 0.789 bits per heavy atom. The Kier molecular flexibility index (Phi) is 7.72. The molecule has 2 saturated heterocycles. The summed E-state index contributed by atoms with van der Waals surface area (Å²) in [5.41, 5.74) is 0. The van der Waals surface area contributed by atoms with Gasteiger partial charge in [-0.25, -0.2) is 0 Å². The number of epoxide rings is 2. The van der Waals surface area contributed by atoms with Gasteiger partial charge >= 0.3 is 0 Å². The fourth-order valence-electron chi connectivity index (χ4n) is 1.44. The molecule has 0 radical (unpaired) electrons. The zero-order chi connectivity index (χ0) is 13.5. The van der Waals surface area contributed by atoms with E-state index in [2.05, 4.69) is 0 Å². The van der Waals surface area contributed by atoms with E-state index in [1.807, 2.05) is 0 Å². The standard InChI is InChI=1S/C12H22O4S3/c13-9(5-18-7-11-1-15-11)3-17-4-10(14)6-19-8-12-2-16-12/h9-14H,1-8H2. The molecular formula is C12H22O4S3. The molecule has 0 amide bonds. The van der Waals surface area contributed by atoms with E-state index in [1.54, 1.807) is 35.3 Å². The van der Waals surface area contributed by atoms with Crippen LogP contribution in [0.15, 0.2) is 0 Å². The number of aliphatic hydroxyl groups is 2. The summed E-state index contributed by atoms with van der Waals surface area (Å²) in [7, 11) is 0. The van der Waals surface area contributed by atoms with E-state index in [4.69, 9.17) is 9.47 Å². The van der Waals surface area contributed by atoms with E-state index >= 15 is 0 Å². The van der Waals surface area contributed by atoms with Gasteiger partial charge in [-0.2, -0.15) is 35.3 Å². The molecule has 0 aromatic carbocycles. The van der Waals surface area contributed by atoms with Crippen molar-refractivity contribution < 1.29 is 19.7 Å². The largest absolute Gasteiger partial charge is 0.391 e. The normalized spacial score (nSPS) is 28.1. The van der Waals surface area contributed by atoms with Gasteiger partial charge in [-0.05, 0) is 0 Å². The third-order valence-electron chi connectivity index (χ3n) is 2.65. The average molecular weight is 327 g/mol. The highest BCUT2D eigenvalue weighted by molar-refractivity contribution is 8.00. The van der Waals surface area contributed by atoms with Crippen molar-refractivity contribution in [2.75, 3.05) is 47.7 Å². The summed E-state index contributed by atoms with van der Waals surface area (Å²) in [5.74, 6) is 4.90. The molecular weight excluding hydrogens is 304 g/mol. The van der Waals surface area contributed by atoms with E-state index in [0.29, 0.717) is 23.7 Å². The minimum absolute atomic E-state index is 0.284. The highest BCUT2D eigenvalue weighted by Gasteiger charge is 2.23. The van der Waals surface area contributed by atoms with E-state index in [0.717, 1.165) is 36.2 Å². The third kappa shape index (κ3) is 8.70. The number of ether oxygens (including phenoxy) is 2. The van der Waals surface area contributed by atoms with Crippen LogP contribution in [0.2, 0.25) is 0 Å². The number of rotatable bonds is 12. The molecule has 4 unspecified atom stereocenters. The molecule has 0 bridgehead atoms. The van der Waals surface area contributed by atoms with Gasteiger partial charge in [-0.15, -0.1) is 0 Å². The SMILES string of the molecule is OC(CSCC(O)CSCC1CO1)CSCC1CO1. The topological polar surface area (TPSA) is 65.5 Å². The molecule has 0 spiro atoms. The molecule has 2 N–H and O–H groups in total. The lowest BCUT2D eigenvalue weighted by Crippen LogP contribution is -2.19. The summed E-state index contributed by atoms with van der Waals surface area (Å²) in [5, 5.41) is 19.5. The van der Waals surface area contributed by atoms with Gasteiger partial charge in [-0.3, -0.25) is 0 Å². The van der Waals surface area contributed by atoms with Crippen molar-refractivity contribution in [2.45, 2.75) is 24.4 Å². The van der Waals surface area contributed by atoms with Gasteiger partial charge < -0.3 is 19.7 Å². The summed E-state index contributed by atoms with van der Waals surface area (Å²) < 4.78 is 10.2. The maximum absolute atomic E-state index is 9.77. The van der Waals surface area contributed by atoms with Crippen LogP contribution in [-0.4, -0.2) is 82.4 Å². The van der Waals surface area contributed by atoms with Gasteiger partial charge in [0, 0.05) is 34.5 Å². The number of thioether (sulfide) groups is 3. The lowest BCUT2D eigenvalue weighted by Gasteiger charge is -2.12. The summed E-state index contributed by atoms with van der Waals surface area (Å²) in [6, 6.07) is 0. The van der Waals surface area contributed by atoms with Crippen LogP contribution < -0.4 is 0 Å². The molecule has 2 heterocycles. The second-order valence-electron chi connectivity index (χ2n) is 4.83. The Bertz CT molecular complexity index is 225. The molecule has 0 aromatic heterocycles. The predicted octanol–water partition coefficient (Wildman–Crippen LogP) is 0.705. The van der Waals surface area contributed by atoms with Crippen LogP contribution in [0.5, 0.6) is 0 Å². The monoisotopic (exact) mass is 326 g/mol. The Labute approximate surface area is 127 Å². The van der Waals surface area contributed by atoms with Crippen LogP contribution in [0.25, 0.3) is 0 Å². The van der Waals surface area contributed by atoms with Crippen LogP contribution >= 0.6 is 35.3 Å². The summed E-state index contributed by atoms with van der Waals surface area (Å²) in [6.07, 6.45) is 0.292. The predicted molar refractivity (Wildman–Crippen MR) is 83.5 cm³/mol. The maximum atomic E-state index is 9.77. The smallest absolute Gasteiger partial charge is 0.0900 e. The Morgan fingerprint density at radius 3 is 1.53 bits per heavy atom. The van der Waals surface area contributed by atoms with Crippen molar-refractivity contribution >= 4 is 35.3 Å². The van der Waals surface area contributed by atoms with E-state index in [1.165, 1.54) is 0 Å². The van der Waals surface area contributed by atoms with Gasteiger partial charge in [0.2, 0.25) is 0 Å². The molecule has 7 heteroatoms. The van der Waals surface area contributed by atoms with Crippen molar-refractivity contribution in [2.24, 2.45) is 0 Å². The second-order valence-corrected chi connectivity index (χ2v) is 8.06. The Morgan fingerprint density at radius 2 is 1.16 bits per heavy atom. The zero-order valence-corrected chi connectivity index (χ0v) is 13.4. The van der Waals surface area contributed by atoms with Gasteiger partial charge in [0.1, 0.15) is 0 Å². The minimum Gasteiger partial charge on any atom is -0.391 e. The minimum atomic E-state index is -0.284. The number of aliphatic hydroxyl groups excluding tert-OH is 2. The zero-order valence-electron chi connectivity index (χ0n) is 10.9. The Balaban J connectivity index is 1.36. The molecule has 2 aliphatic rings. The van der Waals surface area contributed by atoms with Gasteiger partial charge in [0.25, 0.3) is 0 Å². The fraction of sp³-hybridized carbons (Fsp3) is 1.00. The summed E-state index contributed by atoms with van der Waals surface area (Å²) in [6.45, 7) is 1.77. The second kappa shape index (κ2) is 9.02. The lowest BCUT2D eigenvalue weighted by molar-refractivity contribution is 0.220. The molecule has 4 nitrogen and oxygen atoms in total. The van der Waals surface area contributed by atoms with Gasteiger partial charge in [0.05, 0.1) is 37.6 Å². The van der Waals surface area contributed by atoms with Crippen LogP contribution in [0.4, 0.5) is 0 Å². The molecule has 2 rings (SSSR count). The quantitative estimate of drug-likeness (QED) is 0.512. The number of hydrogen-bond donors (Lipinski definition) is 2. The average Bonchev–Trinajstić information content (AvgIpc) is 3.24.